The Labute approximate surface area is 106 Å². The highest BCUT2D eigenvalue weighted by atomic mass is 16.5. The first-order chi connectivity index (χ1) is 8.07. The van der Waals surface area contributed by atoms with Gasteiger partial charge >= 0.3 is 5.97 Å². The van der Waals surface area contributed by atoms with Crippen LogP contribution in [0.2, 0.25) is 0 Å². The van der Waals surface area contributed by atoms with Crippen molar-refractivity contribution >= 4 is 5.97 Å². The fourth-order valence-electron chi connectivity index (χ4n) is 1.60. The van der Waals surface area contributed by atoms with Gasteiger partial charge in [0.25, 0.3) is 0 Å². The van der Waals surface area contributed by atoms with Gasteiger partial charge in [0.2, 0.25) is 0 Å². The third-order valence-corrected chi connectivity index (χ3v) is 2.50. The van der Waals surface area contributed by atoms with Gasteiger partial charge in [-0.1, -0.05) is 39.0 Å². The normalized spacial score (nSPS) is 11.4. The number of ether oxygens (including phenoxy) is 1. The van der Waals surface area contributed by atoms with Crippen molar-refractivity contribution in [3.8, 4) is 0 Å². The van der Waals surface area contributed by atoms with Crippen LogP contribution in [0.25, 0.3) is 0 Å². The maximum Gasteiger partial charge on any atom is 0.335 e. The molecule has 0 aliphatic heterocycles. The van der Waals surface area contributed by atoms with E-state index in [4.69, 9.17) is 4.74 Å². The number of rotatable bonds is 9. The molecule has 0 bridgehead atoms. The number of hydrogen-bond acceptors (Lipinski definition) is 3. The Balaban J connectivity index is 3.52. The summed E-state index contributed by atoms with van der Waals surface area (Å²) in [6, 6.07) is 0. The molecule has 0 unspecified atom stereocenters. The summed E-state index contributed by atoms with van der Waals surface area (Å²) in [5.74, 6) is -0.202. The molecule has 0 amide bonds. The summed E-state index contributed by atoms with van der Waals surface area (Å²) in [7, 11) is 3.79. The molecule has 0 aromatic carbocycles. The monoisotopic (exact) mass is 241 g/mol. The van der Waals surface area contributed by atoms with Gasteiger partial charge in [0.1, 0.15) is 0 Å². The molecule has 100 valence electrons. The van der Waals surface area contributed by atoms with Crippen LogP contribution >= 0.6 is 0 Å². The third kappa shape index (κ3) is 9.91. The molecule has 0 atom stereocenters. The van der Waals surface area contributed by atoms with Gasteiger partial charge in [0.15, 0.2) is 0 Å². The Hall–Kier alpha value is -0.990. The number of carbonyl (C=O) groups is 1. The second-order valence-electron chi connectivity index (χ2n) is 4.68. The summed E-state index contributed by atoms with van der Waals surface area (Å²) in [4.78, 5) is 13.3. The quantitative estimate of drug-likeness (QED) is 0.352. The summed E-state index contributed by atoms with van der Waals surface area (Å²) in [5.41, 5.74) is 0.654. The second kappa shape index (κ2) is 10.2. The van der Waals surface area contributed by atoms with E-state index in [1.807, 2.05) is 19.0 Å². The zero-order chi connectivity index (χ0) is 13.1. The molecule has 0 rings (SSSR count). The molecule has 3 nitrogen and oxygen atoms in total. The van der Waals surface area contributed by atoms with Crippen LogP contribution in [0.1, 0.15) is 52.4 Å². The molecule has 0 aliphatic carbocycles. The van der Waals surface area contributed by atoms with E-state index in [0.717, 1.165) is 12.8 Å². The molecular weight excluding hydrogens is 214 g/mol. The molecule has 0 fully saturated rings. The van der Waals surface area contributed by atoms with E-state index in [2.05, 4.69) is 6.92 Å². The number of carbonyl (C=O) groups excluding carboxylic acids is 1. The van der Waals surface area contributed by atoms with Gasteiger partial charge in [-0.3, -0.25) is 0 Å². The fraction of sp³-hybridized carbons (Fsp3) is 0.786. The van der Waals surface area contributed by atoms with E-state index in [1.165, 1.54) is 25.7 Å². The van der Waals surface area contributed by atoms with Crippen molar-refractivity contribution in [2.45, 2.75) is 52.4 Å². The lowest BCUT2D eigenvalue weighted by Gasteiger charge is -2.08. The Bertz CT molecular complexity index is 234. The molecule has 3 heteroatoms. The Morgan fingerprint density at radius 1 is 1.12 bits per heavy atom. The maximum atomic E-state index is 11.5. The summed E-state index contributed by atoms with van der Waals surface area (Å²) in [6.07, 6.45) is 9.04. The molecule has 0 aromatic heterocycles. The van der Waals surface area contributed by atoms with Crippen LogP contribution in [0.5, 0.6) is 0 Å². The highest BCUT2D eigenvalue weighted by Crippen LogP contribution is 2.06. The van der Waals surface area contributed by atoms with Crippen molar-refractivity contribution in [2.75, 3.05) is 20.7 Å². The van der Waals surface area contributed by atoms with Crippen LogP contribution in [0.4, 0.5) is 0 Å². The average Bonchev–Trinajstić information content (AvgIpc) is 2.26. The van der Waals surface area contributed by atoms with Gasteiger partial charge in [-0.25, -0.2) is 4.79 Å². The smallest absolute Gasteiger partial charge is 0.335 e. The predicted molar refractivity (Wildman–Crippen MR) is 71.8 cm³/mol. The fourth-order valence-corrected chi connectivity index (χ4v) is 1.60. The SMILES string of the molecule is CCCCCCCCOC(=O)C(C)=CN(C)C. The van der Waals surface area contributed by atoms with Gasteiger partial charge in [-0.2, -0.15) is 0 Å². The van der Waals surface area contributed by atoms with Gasteiger partial charge in [0, 0.05) is 25.9 Å². The second-order valence-corrected chi connectivity index (χ2v) is 4.68. The van der Waals surface area contributed by atoms with E-state index in [0.29, 0.717) is 12.2 Å². The first-order valence-corrected chi connectivity index (χ1v) is 6.60. The number of nitrogens with zero attached hydrogens (tertiary/aromatic N) is 1. The van der Waals surface area contributed by atoms with Crippen LogP contribution < -0.4 is 0 Å². The first kappa shape index (κ1) is 16.0. The van der Waals surface area contributed by atoms with E-state index in [9.17, 15) is 4.79 Å². The number of unbranched alkanes of at least 4 members (excludes halogenated alkanes) is 5. The molecule has 0 spiro atoms. The Kier molecular flexibility index (Phi) is 9.59. The molecule has 0 heterocycles. The molecule has 0 radical (unpaired) electrons. The van der Waals surface area contributed by atoms with Gasteiger partial charge in [-0.05, 0) is 13.3 Å². The van der Waals surface area contributed by atoms with Crippen molar-refractivity contribution in [3.05, 3.63) is 11.8 Å². The highest BCUT2D eigenvalue weighted by molar-refractivity contribution is 5.87. The zero-order valence-corrected chi connectivity index (χ0v) is 11.8. The molecule has 17 heavy (non-hydrogen) atoms. The summed E-state index contributed by atoms with van der Waals surface area (Å²) < 4.78 is 5.18. The summed E-state index contributed by atoms with van der Waals surface area (Å²) in [6.45, 7) is 4.54. The average molecular weight is 241 g/mol. The highest BCUT2D eigenvalue weighted by Gasteiger charge is 2.05. The van der Waals surface area contributed by atoms with E-state index < -0.39 is 0 Å². The first-order valence-electron chi connectivity index (χ1n) is 6.60. The topological polar surface area (TPSA) is 29.5 Å². The van der Waals surface area contributed by atoms with Crippen LogP contribution in [0, 0.1) is 0 Å². The third-order valence-electron chi connectivity index (χ3n) is 2.50. The molecule has 0 saturated carbocycles. The Morgan fingerprint density at radius 3 is 2.29 bits per heavy atom. The predicted octanol–water partition coefficient (Wildman–Crippen LogP) is 3.36. The van der Waals surface area contributed by atoms with E-state index >= 15 is 0 Å². The van der Waals surface area contributed by atoms with Crippen LogP contribution in [0.3, 0.4) is 0 Å². The minimum Gasteiger partial charge on any atom is -0.462 e. The van der Waals surface area contributed by atoms with Gasteiger partial charge < -0.3 is 9.64 Å². The molecule has 0 saturated heterocycles. The molecule has 0 N–H and O–H groups in total. The maximum absolute atomic E-state index is 11.5. The standard InChI is InChI=1S/C14H27NO2/c1-5-6-7-8-9-10-11-17-14(16)13(2)12-15(3)4/h12H,5-11H2,1-4H3. The summed E-state index contributed by atoms with van der Waals surface area (Å²) >= 11 is 0. The Morgan fingerprint density at radius 2 is 1.71 bits per heavy atom. The largest absolute Gasteiger partial charge is 0.462 e. The molecule has 0 aromatic rings. The summed E-state index contributed by atoms with van der Waals surface area (Å²) in [5, 5.41) is 0. The van der Waals surface area contributed by atoms with E-state index in [-0.39, 0.29) is 5.97 Å². The number of hydrogen-bond donors (Lipinski definition) is 0. The minimum atomic E-state index is -0.202. The molecule has 0 aliphatic rings. The molecular formula is C14H27NO2. The lowest BCUT2D eigenvalue weighted by atomic mass is 10.1. The van der Waals surface area contributed by atoms with Crippen molar-refractivity contribution in [2.24, 2.45) is 0 Å². The van der Waals surface area contributed by atoms with Crippen LogP contribution in [-0.4, -0.2) is 31.6 Å². The van der Waals surface area contributed by atoms with Crippen LogP contribution in [-0.2, 0) is 9.53 Å². The van der Waals surface area contributed by atoms with Crippen molar-refractivity contribution in [3.63, 3.8) is 0 Å². The van der Waals surface area contributed by atoms with Gasteiger partial charge in [0.05, 0.1) is 6.61 Å². The zero-order valence-electron chi connectivity index (χ0n) is 11.8. The number of esters is 1. The van der Waals surface area contributed by atoms with E-state index in [1.54, 1.807) is 13.1 Å². The lowest BCUT2D eigenvalue weighted by Crippen LogP contribution is -2.11. The van der Waals surface area contributed by atoms with Crippen molar-refractivity contribution in [1.29, 1.82) is 0 Å². The lowest BCUT2D eigenvalue weighted by molar-refractivity contribution is -0.139. The minimum absolute atomic E-state index is 0.202. The van der Waals surface area contributed by atoms with Gasteiger partial charge in [-0.15, -0.1) is 0 Å². The van der Waals surface area contributed by atoms with Crippen LogP contribution in [0.15, 0.2) is 11.8 Å². The van der Waals surface area contributed by atoms with Crippen molar-refractivity contribution < 1.29 is 9.53 Å². The van der Waals surface area contributed by atoms with Crippen molar-refractivity contribution in [1.82, 2.24) is 4.90 Å².